The van der Waals surface area contributed by atoms with Crippen LogP contribution < -0.4 is 0 Å². The maximum Gasteiger partial charge on any atom is 0.193 e. The summed E-state index contributed by atoms with van der Waals surface area (Å²) >= 11 is 0. The summed E-state index contributed by atoms with van der Waals surface area (Å²) in [6, 6.07) is 35.9. The van der Waals surface area contributed by atoms with Crippen LogP contribution in [-0.4, -0.2) is 5.78 Å². The van der Waals surface area contributed by atoms with E-state index in [0.29, 0.717) is 5.56 Å². The maximum absolute atomic E-state index is 13.0. The van der Waals surface area contributed by atoms with Gasteiger partial charge in [0.25, 0.3) is 0 Å². The van der Waals surface area contributed by atoms with Crippen molar-refractivity contribution in [1.82, 2.24) is 0 Å². The monoisotopic (exact) mass is 334 g/mol. The molecule has 0 amide bonds. The zero-order valence-corrected chi connectivity index (χ0v) is 14.3. The average Bonchev–Trinajstić information content (AvgIpc) is 2.74. The van der Waals surface area contributed by atoms with Crippen LogP contribution in [0.4, 0.5) is 0 Å². The van der Waals surface area contributed by atoms with E-state index in [9.17, 15) is 4.79 Å². The highest BCUT2D eigenvalue weighted by molar-refractivity contribution is 6.12. The van der Waals surface area contributed by atoms with Crippen LogP contribution in [0.15, 0.2) is 109 Å². The van der Waals surface area contributed by atoms with Crippen LogP contribution in [0.25, 0.3) is 22.3 Å². The molecule has 0 aliphatic carbocycles. The predicted molar refractivity (Wildman–Crippen MR) is 107 cm³/mol. The molecule has 1 heteroatoms. The second-order valence-corrected chi connectivity index (χ2v) is 6.19. The molecule has 1 nitrogen and oxygen atoms in total. The van der Waals surface area contributed by atoms with Crippen molar-refractivity contribution < 1.29 is 4.79 Å². The van der Waals surface area contributed by atoms with Gasteiger partial charge < -0.3 is 0 Å². The molecule has 0 heterocycles. The summed E-state index contributed by atoms with van der Waals surface area (Å²) in [5, 5.41) is 0. The Kier molecular flexibility index (Phi) is 4.44. The third-order valence-corrected chi connectivity index (χ3v) is 4.49. The summed E-state index contributed by atoms with van der Waals surface area (Å²) in [6.07, 6.45) is 0. The lowest BCUT2D eigenvalue weighted by molar-refractivity contribution is 0.103. The first kappa shape index (κ1) is 16.0. The van der Waals surface area contributed by atoms with E-state index in [1.54, 1.807) is 0 Å². The molecule has 0 radical (unpaired) electrons. The summed E-state index contributed by atoms with van der Waals surface area (Å²) in [5.74, 6) is 0.0475. The third-order valence-electron chi connectivity index (χ3n) is 4.49. The van der Waals surface area contributed by atoms with E-state index in [-0.39, 0.29) is 5.78 Å². The number of ketones is 1. The number of hydrogen-bond donors (Lipinski definition) is 0. The van der Waals surface area contributed by atoms with Crippen molar-refractivity contribution in [3.05, 3.63) is 120 Å². The van der Waals surface area contributed by atoms with Gasteiger partial charge in [0.2, 0.25) is 0 Å². The van der Waals surface area contributed by atoms with E-state index in [4.69, 9.17) is 0 Å². The second kappa shape index (κ2) is 7.20. The minimum atomic E-state index is 0.0475. The van der Waals surface area contributed by atoms with Gasteiger partial charge in [-0.3, -0.25) is 4.79 Å². The fraction of sp³-hybridized carbons (Fsp3) is 0. The fourth-order valence-electron chi connectivity index (χ4n) is 3.17. The van der Waals surface area contributed by atoms with Crippen LogP contribution in [0, 0.1) is 0 Å². The third kappa shape index (κ3) is 3.20. The smallest absolute Gasteiger partial charge is 0.193 e. The molecule has 4 aromatic carbocycles. The number of carbonyl (C=O) groups excluding carboxylic acids is 1. The summed E-state index contributed by atoms with van der Waals surface area (Å²) in [6.45, 7) is 0. The van der Waals surface area contributed by atoms with Gasteiger partial charge in [0.1, 0.15) is 0 Å². The Morgan fingerprint density at radius 3 is 1.85 bits per heavy atom. The lowest BCUT2D eigenvalue weighted by Gasteiger charge is -2.11. The van der Waals surface area contributed by atoms with Crippen molar-refractivity contribution in [1.29, 1.82) is 0 Å². The van der Waals surface area contributed by atoms with Crippen LogP contribution >= 0.6 is 0 Å². The Morgan fingerprint density at radius 1 is 0.500 bits per heavy atom. The molecule has 124 valence electrons. The Bertz CT molecular complexity index is 1030. The highest BCUT2D eigenvalue weighted by Gasteiger charge is 2.14. The van der Waals surface area contributed by atoms with Crippen molar-refractivity contribution in [3.63, 3.8) is 0 Å². The second-order valence-electron chi connectivity index (χ2n) is 6.19. The molecule has 4 rings (SSSR count). The lowest BCUT2D eigenvalue weighted by atomic mass is 9.92. The first-order valence-corrected chi connectivity index (χ1v) is 8.67. The Hall–Kier alpha value is -3.45. The number of benzene rings is 4. The van der Waals surface area contributed by atoms with Crippen LogP contribution in [0.1, 0.15) is 15.9 Å². The molecule has 0 aliphatic rings. The van der Waals surface area contributed by atoms with E-state index < -0.39 is 0 Å². The van der Waals surface area contributed by atoms with Crippen molar-refractivity contribution in [2.24, 2.45) is 0 Å². The summed E-state index contributed by atoms with van der Waals surface area (Å²) in [4.78, 5) is 13.0. The molecule has 4 aromatic rings. The molecule has 0 atom stereocenters. The predicted octanol–water partition coefficient (Wildman–Crippen LogP) is 6.25. The van der Waals surface area contributed by atoms with Crippen molar-refractivity contribution >= 4 is 5.78 Å². The molecule has 0 saturated heterocycles. The molecule has 0 aromatic heterocycles. The summed E-state index contributed by atoms with van der Waals surface area (Å²) < 4.78 is 0. The van der Waals surface area contributed by atoms with Crippen LogP contribution in [0.2, 0.25) is 0 Å². The Labute approximate surface area is 153 Å². The first-order valence-electron chi connectivity index (χ1n) is 8.67. The van der Waals surface area contributed by atoms with Crippen LogP contribution in [0.3, 0.4) is 0 Å². The highest BCUT2D eigenvalue weighted by atomic mass is 16.1. The molecular formula is C25H18O. The van der Waals surface area contributed by atoms with E-state index in [1.807, 2.05) is 78.9 Å². The molecule has 0 saturated carbocycles. The molecule has 26 heavy (non-hydrogen) atoms. The van der Waals surface area contributed by atoms with Crippen molar-refractivity contribution in [2.45, 2.75) is 0 Å². The van der Waals surface area contributed by atoms with Crippen LogP contribution in [0.5, 0.6) is 0 Å². The molecule has 0 spiro atoms. The Balaban J connectivity index is 1.79. The zero-order chi connectivity index (χ0) is 17.8. The topological polar surface area (TPSA) is 17.1 Å². The van der Waals surface area contributed by atoms with Crippen LogP contribution in [-0.2, 0) is 0 Å². The van der Waals surface area contributed by atoms with Gasteiger partial charge in [-0.2, -0.15) is 0 Å². The average molecular weight is 334 g/mol. The van der Waals surface area contributed by atoms with Gasteiger partial charge in [-0.1, -0.05) is 103 Å². The van der Waals surface area contributed by atoms with Gasteiger partial charge in [-0.05, 0) is 28.3 Å². The SMILES string of the molecule is O=C(c1ccccc1)c1ccccc1-c1cccc(-c2ccccc2)c1. The molecule has 0 aliphatic heterocycles. The van der Waals surface area contributed by atoms with E-state index in [1.165, 1.54) is 5.56 Å². The van der Waals surface area contributed by atoms with Crippen molar-refractivity contribution in [3.8, 4) is 22.3 Å². The normalized spacial score (nSPS) is 10.5. The largest absolute Gasteiger partial charge is 0.289 e. The Morgan fingerprint density at radius 2 is 1.08 bits per heavy atom. The van der Waals surface area contributed by atoms with E-state index in [2.05, 4.69) is 30.3 Å². The molecule has 0 fully saturated rings. The number of rotatable bonds is 4. The maximum atomic E-state index is 13.0. The summed E-state index contributed by atoms with van der Waals surface area (Å²) in [7, 11) is 0. The van der Waals surface area contributed by atoms with Gasteiger partial charge >= 0.3 is 0 Å². The van der Waals surface area contributed by atoms with E-state index >= 15 is 0 Å². The van der Waals surface area contributed by atoms with E-state index in [0.717, 1.165) is 22.3 Å². The molecule has 0 unspecified atom stereocenters. The fourth-order valence-corrected chi connectivity index (χ4v) is 3.17. The van der Waals surface area contributed by atoms with Gasteiger partial charge in [-0.15, -0.1) is 0 Å². The highest BCUT2D eigenvalue weighted by Crippen LogP contribution is 2.29. The standard InChI is InChI=1S/C25H18O/c26-25(20-12-5-2-6-13-20)24-17-8-7-16-23(24)22-15-9-14-21(18-22)19-10-3-1-4-11-19/h1-18H. The van der Waals surface area contributed by atoms with Gasteiger partial charge in [0.15, 0.2) is 5.78 Å². The minimum absolute atomic E-state index is 0.0475. The minimum Gasteiger partial charge on any atom is -0.289 e. The molecule has 0 bridgehead atoms. The molecular weight excluding hydrogens is 316 g/mol. The first-order chi connectivity index (χ1) is 12.8. The van der Waals surface area contributed by atoms with Gasteiger partial charge in [0.05, 0.1) is 0 Å². The summed E-state index contributed by atoms with van der Waals surface area (Å²) in [5.41, 5.74) is 5.75. The van der Waals surface area contributed by atoms with Gasteiger partial charge in [0, 0.05) is 11.1 Å². The molecule has 0 N–H and O–H groups in total. The number of hydrogen-bond acceptors (Lipinski definition) is 1. The lowest BCUT2D eigenvalue weighted by Crippen LogP contribution is -2.03. The number of carbonyl (C=O) groups is 1. The zero-order valence-electron chi connectivity index (χ0n) is 14.3. The quantitative estimate of drug-likeness (QED) is 0.403. The van der Waals surface area contributed by atoms with Gasteiger partial charge in [-0.25, -0.2) is 0 Å². The van der Waals surface area contributed by atoms with Crippen molar-refractivity contribution in [2.75, 3.05) is 0 Å².